The van der Waals surface area contributed by atoms with Gasteiger partial charge < -0.3 is 9.47 Å². The van der Waals surface area contributed by atoms with Crippen LogP contribution in [0.1, 0.15) is 54.2 Å². The number of hydrogen-bond donors (Lipinski definition) is 0. The van der Waals surface area contributed by atoms with E-state index >= 15 is 0 Å². The van der Waals surface area contributed by atoms with Gasteiger partial charge in [0.25, 0.3) is 0 Å². The monoisotopic (exact) mass is 407 g/mol. The van der Waals surface area contributed by atoms with Crippen LogP contribution in [-0.2, 0) is 24.0 Å². The van der Waals surface area contributed by atoms with Crippen molar-refractivity contribution in [2.75, 3.05) is 18.6 Å². The minimum Gasteiger partial charge on any atom is -0.496 e. The van der Waals surface area contributed by atoms with E-state index in [1.165, 1.54) is 11.1 Å². The van der Waals surface area contributed by atoms with Gasteiger partial charge in [-0.25, -0.2) is 4.79 Å². The van der Waals surface area contributed by atoms with Crippen molar-refractivity contribution in [1.82, 2.24) is 0 Å². The number of ether oxygens (including phenoxy) is 2. The first-order valence-corrected chi connectivity index (χ1v) is 10.6. The molecular formula is C25H29NO4. The minimum absolute atomic E-state index is 0.0861. The maximum atomic E-state index is 12.6. The van der Waals surface area contributed by atoms with Crippen LogP contribution in [0.3, 0.4) is 0 Å². The highest BCUT2D eigenvalue weighted by molar-refractivity contribution is 6.07. The van der Waals surface area contributed by atoms with E-state index in [1.54, 1.807) is 12.0 Å². The van der Waals surface area contributed by atoms with Crippen LogP contribution in [0.4, 0.5) is 10.5 Å². The summed E-state index contributed by atoms with van der Waals surface area (Å²) in [5.74, 6) is 1.53. The number of nitrogens with zero attached hydrogens (tertiary/aromatic N) is 1. The van der Waals surface area contributed by atoms with Crippen molar-refractivity contribution in [3.63, 3.8) is 0 Å². The number of fused-ring (bicyclic) bond motifs is 2. The summed E-state index contributed by atoms with van der Waals surface area (Å²) >= 11 is 0. The molecule has 1 aliphatic carbocycles. The molecule has 2 aliphatic rings. The van der Waals surface area contributed by atoms with Crippen molar-refractivity contribution in [2.45, 2.75) is 52.1 Å². The number of anilines is 1. The second-order valence-corrected chi connectivity index (χ2v) is 9.23. The Bertz CT molecular complexity index is 989. The number of amides is 1. The van der Waals surface area contributed by atoms with E-state index < -0.39 is 11.7 Å². The van der Waals surface area contributed by atoms with Crippen LogP contribution in [0, 0.1) is 5.92 Å². The van der Waals surface area contributed by atoms with Gasteiger partial charge in [0.1, 0.15) is 11.4 Å². The summed E-state index contributed by atoms with van der Waals surface area (Å²) in [6, 6.07) is 12.1. The Morgan fingerprint density at radius 2 is 1.97 bits per heavy atom. The van der Waals surface area contributed by atoms with E-state index in [1.807, 2.05) is 51.1 Å². The average Bonchev–Trinajstić information content (AvgIpc) is 3.09. The molecule has 1 unspecified atom stereocenters. The molecule has 0 saturated carbocycles. The smallest absolute Gasteiger partial charge is 0.414 e. The summed E-state index contributed by atoms with van der Waals surface area (Å²) in [7, 11) is 1.72. The van der Waals surface area contributed by atoms with E-state index in [0.29, 0.717) is 30.1 Å². The van der Waals surface area contributed by atoms with Gasteiger partial charge in [0, 0.05) is 18.5 Å². The first-order chi connectivity index (χ1) is 14.2. The molecule has 0 fully saturated rings. The number of carbonyl (C=O) groups excluding carboxylic acids is 2. The third-order valence-corrected chi connectivity index (χ3v) is 5.80. The van der Waals surface area contributed by atoms with Crippen LogP contribution >= 0.6 is 0 Å². The summed E-state index contributed by atoms with van der Waals surface area (Å²) < 4.78 is 11.0. The van der Waals surface area contributed by atoms with E-state index in [0.717, 1.165) is 30.6 Å². The van der Waals surface area contributed by atoms with Gasteiger partial charge in [0.2, 0.25) is 0 Å². The zero-order chi connectivity index (χ0) is 21.5. The molecule has 1 heterocycles. The molecule has 2 aromatic carbocycles. The number of Topliss-reactive ketones (excluding diaryl/α,β-unsaturated/α-hetero) is 1. The molecule has 0 bridgehead atoms. The third-order valence-electron chi connectivity index (χ3n) is 5.80. The highest BCUT2D eigenvalue weighted by atomic mass is 16.6. The molecule has 1 aliphatic heterocycles. The van der Waals surface area contributed by atoms with Gasteiger partial charge in [0.05, 0.1) is 12.8 Å². The van der Waals surface area contributed by atoms with E-state index in [-0.39, 0.29) is 5.78 Å². The Morgan fingerprint density at radius 1 is 1.17 bits per heavy atom. The van der Waals surface area contributed by atoms with E-state index in [4.69, 9.17) is 9.47 Å². The second kappa shape index (κ2) is 7.78. The van der Waals surface area contributed by atoms with Gasteiger partial charge >= 0.3 is 6.09 Å². The average molecular weight is 408 g/mol. The maximum Gasteiger partial charge on any atom is 0.414 e. The van der Waals surface area contributed by atoms with Crippen molar-refractivity contribution >= 4 is 17.6 Å². The summed E-state index contributed by atoms with van der Waals surface area (Å²) in [5, 5.41) is 0. The number of methoxy groups -OCH3 is 1. The zero-order valence-electron chi connectivity index (χ0n) is 18.2. The third kappa shape index (κ3) is 4.07. The summed E-state index contributed by atoms with van der Waals surface area (Å²) in [6.07, 6.45) is 2.81. The van der Waals surface area contributed by atoms with Crippen LogP contribution < -0.4 is 9.64 Å². The van der Waals surface area contributed by atoms with Crippen LogP contribution in [0.25, 0.3) is 0 Å². The summed E-state index contributed by atoms with van der Waals surface area (Å²) in [6.45, 7) is 5.90. The van der Waals surface area contributed by atoms with Crippen LogP contribution in [0.5, 0.6) is 5.75 Å². The van der Waals surface area contributed by atoms with Crippen LogP contribution in [-0.4, -0.2) is 31.1 Å². The molecule has 0 saturated heterocycles. The van der Waals surface area contributed by atoms with E-state index in [9.17, 15) is 9.59 Å². The zero-order valence-corrected chi connectivity index (χ0v) is 18.2. The topological polar surface area (TPSA) is 55.8 Å². The molecular weight excluding hydrogens is 378 g/mol. The first kappa shape index (κ1) is 20.5. The molecule has 0 spiro atoms. The Balaban J connectivity index is 1.53. The Hall–Kier alpha value is -2.82. The molecule has 5 heteroatoms. The van der Waals surface area contributed by atoms with Crippen molar-refractivity contribution < 1.29 is 19.1 Å². The Morgan fingerprint density at radius 3 is 2.70 bits per heavy atom. The van der Waals surface area contributed by atoms with Crippen LogP contribution in [0.2, 0.25) is 0 Å². The van der Waals surface area contributed by atoms with Gasteiger partial charge in [-0.1, -0.05) is 18.2 Å². The predicted molar refractivity (Wildman–Crippen MR) is 117 cm³/mol. The van der Waals surface area contributed by atoms with E-state index in [2.05, 4.69) is 6.07 Å². The highest BCUT2D eigenvalue weighted by Gasteiger charge is 2.31. The fourth-order valence-electron chi connectivity index (χ4n) is 4.52. The van der Waals surface area contributed by atoms with Crippen molar-refractivity contribution in [1.29, 1.82) is 0 Å². The molecule has 5 nitrogen and oxygen atoms in total. The number of carbonyl (C=O) groups is 2. The van der Waals surface area contributed by atoms with Gasteiger partial charge in [-0.15, -0.1) is 0 Å². The second-order valence-electron chi connectivity index (χ2n) is 9.23. The molecule has 2 aromatic rings. The molecule has 1 amide bonds. The Labute approximate surface area is 178 Å². The molecule has 4 rings (SSSR count). The van der Waals surface area contributed by atoms with Gasteiger partial charge in [0.15, 0.2) is 5.78 Å². The summed E-state index contributed by atoms with van der Waals surface area (Å²) in [4.78, 5) is 26.8. The largest absolute Gasteiger partial charge is 0.496 e. The van der Waals surface area contributed by atoms with Gasteiger partial charge in [-0.05, 0) is 80.8 Å². The molecule has 0 aromatic heterocycles. The lowest BCUT2D eigenvalue weighted by Crippen LogP contribution is -2.41. The SMILES string of the molecule is COc1cccc2c1CC(Cc1ccc3c(c1)C(=O)CCN3C(=O)OC(C)(C)C)C2. The maximum absolute atomic E-state index is 12.6. The molecule has 30 heavy (non-hydrogen) atoms. The number of hydrogen-bond acceptors (Lipinski definition) is 4. The van der Waals surface area contributed by atoms with Crippen LogP contribution in [0.15, 0.2) is 36.4 Å². The molecule has 158 valence electrons. The minimum atomic E-state index is -0.572. The van der Waals surface area contributed by atoms with Crippen molar-refractivity contribution in [3.05, 3.63) is 58.7 Å². The molecule has 0 N–H and O–H groups in total. The number of benzene rings is 2. The normalized spacial score (nSPS) is 18.1. The van der Waals surface area contributed by atoms with Gasteiger partial charge in [-0.3, -0.25) is 9.69 Å². The van der Waals surface area contributed by atoms with Crippen molar-refractivity contribution in [2.24, 2.45) is 5.92 Å². The number of ketones is 1. The quantitative estimate of drug-likeness (QED) is 0.720. The lowest BCUT2D eigenvalue weighted by Gasteiger charge is -2.31. The van der Waals surface area contributed by atoms with Gasteiger partial charge in [-0.2, -0.15) is 0 Å². The first-order valence-electron chi connectivity index (χ1n) is 10.6. The Kier molecular flexibility index (Phi) is 5.31. The highest BCUT2D eigenvalue weighted by Crippen LogP contribution is 2.36. The lowest BCUT2D eigenvalue weighted by molar-refractivity contribution is 0.0577. The van der Waals surface area contributed by atoms with Crippen molar-refractivity contribution in [3.8, 4) is 5.75 Å². The fraction of sp³-hybridized carbons (Fsp3) is 0.440. The standard InChI is InChI=1S/C25H29NO4/c1-25(2,3)30-24(28)26-11-10-22(27)20-14-16(8-9-21(20)26)12-17-13-18-6-5-7-23(29-4)19(18)15-17/h5-9,14,17H,10-13,15H2,1-4H3. The summed E-state index contributed by atoms with van der Waals surface area (Å²) in [5.41, 5.74) is 4.49. The fourth-order valence-corrected chi connectivity index (χ4v) is 4.52. The lowest BCUT2D eigenvalue weighted by atomic mass is 9.92. The molecule has 1 atom stereocenters. The number of rotatable bonds is 3. The molecule has 0 radical (unpaired) electrons. The predicted octanol–water partition coefficient (Wildman–Crippen LogP) is 4.98.